The van der Waals surface area contributed by atoms with E-state index in [1.54, 1.807) is 53.4 Å². The molecule has 1 saturated heterocycles. The number of nitrogens with one attached hydrogen (secondary N) is 1. The van der Waals surface area contributed by atoms with Crippen molar-refractivity contribution in [2.75, 3.05) is 31.6 Å². The highest BCUT2D eigenvalue weighted by atomic mass is 35.5. The molecule has 0 spiro atoms. The Morgan fingerprint density at radius 2 is 1.74 bits per heavy atom. The first-order chi connectivity index (χ1) is 13.0. The quantitative estimate of drug-likeness (QED) is 0.779. The summed E-state index contributed by atoms with van der Waals surface area (Å²) >= 11 is 11.9. The van der Waals surface area contributed by atoms with E-state index in [1.165, 1.54) is 6.08 Å². The molecule has 2 aromatic carbocycles. The molecular weight excluding hydrogens is 387 g/mol. The highest BCUT2D eigenvalue weighted by molar-refractivity contribution is 6.35. The van der Waals surface area contributed by atoms with Crippen LogP contribution in [0.25, 0.3) is 6.08 Å². The Kier molecular flexibility index (Phi) is 6.50. The molecule has 0 bridgehead atoms. The van der Waals surface area contributed by atoms with Gasteiger partial charge in [-0.3, -0.25) is 9.59 Å². The van der Waals surface area contributed by atoms with Gasteiger partial charge in [0.25, 0.3) is 5.91 Å². The number of amides is 2. The fraction of sp³-hybridized carbons (Fsp3) is 0.200. The lowest BCUT2D eigenvalue weighted by atomic mass is 10.1. The van der Waals surface area contributed by atoms with Crippen LogP contribution in [0.15, 0.2) is 48.5 Å². The SMILES string of the molecule is O=C(/C=C/c1ccc(Cl)cc1Cl)Nc1ccc(C(=O)N2CCOCC2)cc1. The zero-order chi connectivity index (χ0) is 19.2. The zero-order valence-corrected chi connectivity index (χ0v) is 16.0. The summed E-state index contributed by atoms with van der Waals surface area (Å²) in [5.41, 5.74) is 1.88. The van der Waals surface area contributed by atoms with Crippen molar-refractivity contribution < 1.29 is 14.3 Å². The Labute approximate surface area is 167 Å². The van der Waals surface area contributed by atoms with E-state index >= 15 is 0 Å². The lowest BCUT2D eigenvalue weighted by molar-refractivity contribution is -0.111. The standard InChI is InChI=1S/C20H18Cl2N2O3/c21-16-5-1-14(18(22)13-16)4-8-19(25)23-17-6-2-15(3-7-17)20(26)24-9-11-27-12-10-24/h1-8,13H,9-12H2,(H,23,25)/b8-4+. The lowest BCUT2D eigenvalue weighted by Gasteiger charge is -2.26. The summed E-state index contributed by atoms with van der Waals surface area (Å²) in [4.78, 5) is 26.2. The molecule has 0 aromatic heterocycles. The molecule has 0 unspecified atom stereocenters. The van der Waals surface area contributed by atoms with Crippen molar-refractivity contribution in [3.8, 4) is 0 Å². The van der Waals surface area contributed by atoms with Gasteiger partial charge < -0.3 is 15.0 Å². The summed E-state index contributed by atoms with van der Waals surface area (Å²) in [7, 11) is 0. The van der Waals surface area contributed by atoms with Gasteiger partial charge in [-0.1, -0.05) is 29.3 Å². The van der Waals surface area contributed by atoms with Gasteiger partial charge in [0.1, 0.15) is 0 Å². The van der Waals surface area contributed by atoms with Crippen LogP contribution in [0.5, 0.6) is 0 Å². The second-order valence-electron chi connectivity index (χ2n) is 5.97. The predicted octanol–water partition coefficient (Wildman–Crippen LogP) is 4.12. The average Bonchev–Trinajstić information content (AvgIpc) is 2.68. The molecular formula is C20H18Cl2N2O3. The third-order valence-electron chi connectivity index (χ3n) is 4.07. The Bertz CT molecular complexity index is 860. The van der Waals surface area contributed by atoms with Crippen molar-refractivity contribution in [3.05, 3.63) is 69.7 Å². The van der Waals surface area contributed by atoms with Gasteiger partial charge in [0, 0.05) is 40.5 Å². The van der Waals surface area contributed by atoms with Crippen LogP contribution in [-0.4, -0.2) is 43.0 Å². The van der Waals surface area contributed by atoms with Gasteiger partial charge in [0.15, 0.2) is 0 Å². The van der Waals surface area contributed by atoms with Crippen molar-refractivity contribution in [1.29, 1.82) is 0 Å². The van der Waals surface area contributed by atoms with Crippen molar-refractivity contribution >= 4 is 46.8 Å². The van der Waals surface area contributed by atoms with Crippen LogP contribution in [0.3, 0.4) is 0 Å². The number of halogens is 2. The first-order valence-corrected chi connectivity index (χ1v) is 9.20. The average molecular weight is 405 g/mol. The molecule has 1 N–H and O–H groups in total. The van der Waals surface area contributed by atoms with Gasteiger partial charge in [-0.15, -0.1) is 0 Å². The number of morpholine rings is 1. The Balaban J connectivity index is 1.59. The summed E-state index contributed by atoms with van der Waals surface area (Å²) in [6, 6.07) is 11.9. The van der Waals surface area contributed by atoms with Crippen LogP contribution in [0, 0.1) is 0 Å². The van der Waals surface area contributed by atoms with E-state index in [2.05, 4.69) is 5.32 Å². The lowest BCUT2D eigenvalue weighted by Crippen LogP contribution is -2.40. The highest BCUT2D eigenvalue weighted by Crippen LogP contribution is 2.22. The van der Waals surface area contributed by atoms with Crippen LogP contribution in [0.2, 0.25) is 10.0 Å². The molecule has 0 radical (unpaired) electrons. The molecule has 7 heteroatoms. The Morgan fingerprint density at radius 1 is 1.04 bits per heavy atom. The van der Waals surface area contributed by atoms with Crippen molar-refractivity contribution in [1.82, 2.24) is 4.90 Å². The molecule has 2 aromatic rings. The van der Waals surface area contributed by atoms with Crippen molar-refractivity contribution in [2.24, 2.45) is 0 Å². The number of anilines is 1. The van der Waals surface area contributed by atoms with E-state index in [1.807, 2.05) is 0 Å². The van der Waals surface area contributed by atoms with Gasteiger partial charge in [-0.25, -0.2) is 0 Å². The van der Waals surface area contributed by atoms with E-state index in [0.29, 0.717) is 53.2 Å². The summed E-state index contributed by atoms with van der Waals surface area (Å²) < 4.78 is 5.25. The molecule has 1 aliphatic rings. The normalized spacial score (nSPS) is 14.4. The predicted molar refractivity (Wildman–Crippen MR) is 107 cm³/mol. The fourth-order valence-corrected chi connectivity index (χ4v) is 3.10. The minimum Gasteiger partial charge on any atom is -0.378 e. The molecule has 5 nitrogen and oxygen atoms in total. The molecule has 3 rings (SSSR count). The van der Waals surface area contributed by atoms with Gasteiger partial charge in [-0.05, 0) is 48.0 Å². The minimum absolute atomic E-state index is 0.0338. The molecule has 0 aliphatic carbocycles. The minimum atomic E-state index is -0.298. The van der Waals surface area contributed by atoms with Gasteiger partial charge >= 0.3 is 0 Å². The van der Waals surface area contributed by atoms with Gasteiger partial charge in [-0.2, -0.15) is 0 Å². The second kappa shape index (κ2) is 9.04. The number of carbonyl (C=O) groups is 2. The largest absolute Gasteiger partial charge is 0.378 e. The van der Waals surface area contributed by atoms with E-state index in [0.717, 1.165) is 0 Å². The first kappa shape index (κ1) is 19.4. The summed E-state index contributed by atoms with van der Waals surface area (Å²) in [6.45, 7) is 2.30. The Morgan fingerprint density at radius 3 is 2.41 bits per heavy atom. The van der Waals surface area contributed by atoms with Crippen LogP contribution in [0.1, 0.15) is 15.9 Å². The third kappa shape index (κ3) is 5.32. The molecule has 1 heterocycles. The van der Waals surface area contributed by atoms with Crippen LogP contribution in [-0.2, 0) is 9.53 Å². The molecule has 2 amide bonds. The summed E-state index contributed by atoms with van der Waals surface area (Å²) in [5.74, 6) is -0.332. The van der Waals surface area contributed by atoms with E-state index in [-0.39, 0.29) is 11.8 Å². The van der Waals surface area contributed by atoms with Gasteiger partial charge in [0.2, 0.25) is 5.91 Å². The maximum atomic E-state index is 12.4. The smallest absolute Gasteiger partial charge is 0.254 e. The van der Waals surface area contributed by atoms with E-state index in [9.17, 15) is 9.59 Å². The summed E-state index contributed by atoms with van der Waals surface area (Å²) in [5, 5.41) is 3.75. The highest BCUT2D eigenvalue weighted by Gasteiger charge is 2.18. The number of rotatable bonds is 4. The van der Waals surface area contributed by atoms with E-state index < -0.39 is 0 Å². The number of ether oxygens (including phenoxy) is 1. The zero-order valence-electron chi connectivity index (χ0n) is 14.5. The molecule has 0 saturated carbocycles. The number of carbonyl (C=O) groups excluding carboxylic acids is 2. The maximum Gasteiger partial charge on any atom is 0.254 e. The third-order valence-corrected chi connectivity index (χ3v) is 4.64. The molecule has 1 fully saturated rings. The molecule has 140 valence electrons. The molecule has 0 atom stereocenters. The maximum absolute atomic E-state index is 12.4. The van der Waals surface area contributed by atoms with Crippen LogP contribution < -0.4 is 5.32 Å². The van der Waals surface area contributed by atoms with Crippen LogP contribution >= 0.6 is 23.2 Å². The topological polar surface area (TPSA) is 58.6 Å². The van der Waals surface area contributed by atoms with E-state index in [4.69, 9.17) is 27.9 Å². The molecule has 27 heavy (non-hydrogen) atoms. The number of nitrogens with zero attached hydrogens (tertiary/aromatic N) is 1. The molecule has 1 aliphatic heterocycles. The second-order valence-corrected chi connectivity index (χ2v) is 6.81. The first-order valence-electron chi connectivity index (χ1n) is 8.44. The fourth-order valence-electron chi connectivity index (χ4n) is 2.63. The van der Waals surface area contributed by atoms with Gasteiger partial charge in [0.05, 0.1) is 13.2 Å². The van der Waals surface area contributed by atoms with Crippen molar-refractivity contribution in [2.45, 2.75) is 0 Å². The number of hydrogen-bond acceptors (Lipinski definition) is 3. The summed E-state index contributed by atoms with van der Waals surface area (Å²) in [6.07, 6.45) is 3.01. The number of benzene rings is 2. The van der Waals surface area contributed by atoms with Crippen molar-refractivity contribution in [3.63, 3.8) is 0 Å². The monoisotopic (exact) mass is 404 g/mol. The Hall–Kier alpha value is -2.34. The number of hydrogen-bond donors (Lipinski definition) is 1. The van der Waals surface area contributed by atoms with Crippen LogP contribution in [0.4, 0.5) is 5.69 Å².